The van der Waals surface area contributed by atoms with Gasteiger partial charge in [-0.15, -0.1) is 0 Å². The standard InChI is InChI=1S/C55H58O9/c1-34(33-56)45-23-18-35-16-19-38(20-17-35)46-24-21-40(39-13-9-12-37(29-39)28-36-10-5-4-6-11-36)30-43(46)32-48(57)61-51-49-47(25-22-41-31-42(26-27-60-3)53(58)62-50(41)49)64-55(2,44-14-7-8-15-44)52(51)63-54(45)59/h4-6,9-13,16-17,19-22,24-25,29,31,40,43-44,46,51-52,56H,7-8,14-15,18,23,26-28,30,32-33H2,1-3H3/b45-34-/t40-,43+,46+,51-,52+,55+/m1/s1. The van der Waals surface area contributed by atoms with Gasteiger partial charge in [-0.2, -0.15) is 0 Å². The third-order valence-electron chi connectivity index (χ3n) is 14.4. The predicted molar refractivity (Wildman–Crippen MR) is 245 cm³/mol. The third-order valence-corrected chi connectivity index (χ3v) is 14.4. The van der Waals surface area contributed by atoms with Gasteiger partial charge in [-0.25, -0.2) is 9.59 Å². The molecule has 4 heterocycles. The van der Waals surface area contributed by atoms with Crippen molar-refractivity contribution in [1.82, 2.24) is 0 Å². The molecule has 1 fully saturated rings. The molecule has 10 rings (SSSR count). The van der Waals surface area contributed by atoms with Crippen LogP contribution in [0.15, 0.2) is 130 Å². The first-order chi connectivity index (χ1) is 31.1. The lowest BCUT2D eigenvalue weighted by Crippen LogP contribution is -2.58. The molecule has 1 N–H and O–H groups in total. The van der Waals surface area contributed by atoms with Gasteiger partial charge in [0.1, 0.15) is 16.9 Å². The van der Waals surface area contributed by atoms with E-state index in [1.54, 1.807) is 20.1 Å². The van der Waals surface area contributed by atoms with E-state index < -0.39 is 35.4 Å². The fourth-order valence-electron chi connectivity index (χ4n) is 10.8. The van der Waals surface area contributed by atoms with E-state index in [4.69, 9.17) is 23.4 Å². The molecule has 3 aliphatic heterocycles. The van der Waals surface area contributed by atoms with Gasteiger partial charge in [-0.3, -0.25) is 4.79 Å². The number of hydrogen-bond acceptors (Lipinski definition) is 9. The molecule has 4 aromatic carbocycles. The van der Waals surface area contributed by atoms with Crippen molar-refractivity contribution in [3.63, 3.8) is 0 Å². The molecule has 0 saturated heterocycles. The Labute approximate surface area is 375 Å². The molecule has 1 saturated carbocycles. The van der Waals surface area contributed by atoms with E-state index in [9.17, 15) is 19.5 Å². The molecule has 5 aliphatic rings. The van der Waals surface area contributed by atoms with Crippen LogP contribution in [0.1, 0.15) is 116 Å². The molecule has 5 aromatic rings. The van der Waals surface area contributed by atoms with Crippen LogP contribution in [-0.4, -0.2) is 49.1 Å². The van der Waals surface area contributed by atoms with Gasteiger partial charge in [-0.05, 0) is 110 Å². The first-order valence-corrected chi connectivity index (χ1v) is 23.0. The van der Waals surface area contributed by atoms with E-state index >= 15 is 0 Å². The number of carbonyl (C=O) groups excluding carboxylic acids is 2. The molecule has 64 heavy (non-hydrogen) atoms. The minimum Gasteiger partial charge on any atom is -0.483 e. The van der Waals surface area contributed by atoms with Crippen molar-refractivity contribution in [2.75, 3.05) is 20.3 Å². The number of hydrogen-bond donors (Lipinski definition) is 1. The van der Waals surface area contributed by atoms with Gasteiger partial charge in [0.05, 0.1) is 18.8 Å². The number of methoxy groups -OCH3 is 1. The van der Waals surface area contributed by atoms with E-state index in [1.165, 1.54) is 16.7 Å². The maximum absolute atomic E-state index is 15.0. The van der Waals surface area contributed by atoms with E-state index in [0.717, 1.165) is 43.2 Å². The molecule has 9 nitrogen and oxygen atoms in total. The lowest BCUT2D eigenvalue weighted by atomic mass is 9.72. The van der Waals surface area contributed by atoms with Crippen molar-refractivity contribution >= 4 is 22.9 Å². The zero-order valence-corrected chi connectivity index (χ0v) is 37.1. The monoisotopic (exact) mass is 862 g/mol. The van der Waals surface area contributed by atoms with Crippen LogP contribution in [0.3, 0.4) is 0 Å². The highest BCUT2D eigenvalue weighted by Crippen LogP contribution is 2.53. The van der Waals surface area contributed by atoms with Crippen molar-refractivity contribution in [1.29, 1.82) is 0 Å². The quantitative estimate of drug-likeness (QED) is 0.0703. The van der Waals surface area contributed by atoms with Crippen molar-refractivity contribution in [3.8, 4) is 5.75 Å². The van der Waals surface area contributed by atoms with Crippen molar-refractivity contribution in [2.24, 2.45) is 11.8 Å². The molecular weight excluding hydrogens is 805 g/mol. The number of aliphatic hydroxyl groups excluding tert-OH is 1. The summed E-state index contributed by atoms with van der Waals surface area (Å²) in [4.78, 5) is 43.3. The summed E-state index contributed by atoms with van der Waals surface area (Å²) in [5.74, 6) is -0.772. The average Bonchev–Trinajstić information content (AvgIpc) is 3.86. The molecule has 1 aromatic heterocycles. The van der Waals surface area contributed by atoms with Crippen molar-refractivity contribution in [3.05, 3.63) is 170 Å². The fraction of sp³-hybridized carbons (Fsp3) is 0.400. The SMILES string of the molecule is COCCc1cc2ccc3c(c2oc1=O)[C@H]1OC(=O)C[C@@H]2C[C@H](c4cccc(Cc5ccccc5)c4)C=C[C@H]2c2ccc(cc2)CC/C(=C(\C)CO)C(=O)O[C@@H]1[C@](C)(C1CCCC1)O3. The number of aliphatic hydroxyl groups is 1. The summed E-state index contributed by atoms with van der Waals surface area (Å²) < 4.78 is 31.9. The van der Waals surface area contributed by atoms with Gasteiger partial charge in [0.15, 0.2) is 12.2 Å². The predicted octanol–water partition coefficient (Wildman–Crippen LogP) is 10.2. The summed E-state index contributed by atoms with van der Waals surface area (Å²) in [6, 6.07) is 33.2. The molecular formula is C55H58O9. The van der Waals surface area contributed by atoms with Crippen LogP contribution in [0, 0.1) is 11.8 Å². The Morgan fingerprint density at radius 1 is 0.844 bits per heavy atom. The molecule has 2 aliphatic carbocycles. The van der Waals surface area contributed by atoms with Crippen LogP contribution in [0.25, 0.3) is 11.0 Å². The summed E-state index contributed by atoms with van der Waals surface area (Å²) in [6.45, 7) is 3.72. The molecule has 332 valence electrons. The van der Waals surface area contributed by atoms with Gasteiger partial charge in [0.25, 0.3) is 0 Å². The number of esters is 2. The second-order valence-electron chi connectivity index (χ2n) is 18.5. The van der Waals surface area contributed by atoms with Gasteiger partial charge >= 0.3 is 17.6 Å². The van der Waals surface area contributed by atoms with Gasteiger partial charge < -0.3 is 28.5 Å². The topological polar surface area (TPSA) is 122 Å². The maximum Gasteiger partial charge on any atom is 0.339 e. The minimum atomic E-state index is -1.17. The molecule has 0 spiro atoms. The summed E-state index contributed by atoms with van der Waals surface area (Å²) >= 11 is 0. The second kappa shape index (κ2) is 18.8. The van der Waals surface area contributed by atoms with E-state index in [0.29, 0.717) is 65.7 Å². The van der Waals surface area contributed by atoms with E-state index in [1.807, 2.05) is 25.1 Å². The number of rotatable bonds is 8. The van der Waals surface area contributed by atoms with Crippen LogP contribution in [0.2, 0.25) is 0 Å². The Morgan fingerprint density at radius 2 is 1.62 bits per heavy atom. The number of carbonyl (C=O) groups is 2. The van der Waals surface area contributed by atoms with E-state index in [-0.39, 0.29) is 42.3 Å². The lowest BCUT2D eigenvalue weighted by molar-refractivity contribution is -0.199. The largest absolute Gasteiger partial charge is 0.483 e. The average molecular weight is 863 g/mol. The number of fused-ring (bicyclic) bond motifs is 11. The van der Waals surface area contributed by atoms with Crippen molar-refractivity contribution < 1.29 is 38.1 Å². The Kier molecular flexibility index (Phi) is 12.7. The molecule has 2 bridgehead atoms. The van der Waals surface area contributed by atoms with Crippen LogP contribution >= 0.6 is 0 Å². The van der Waals surface area contributed by atoms with E-state index in [2.05, 4.69) is 84.9 Å². The lowest BCUT2D eigenvalue weighted by Gasteiger charge is -2.48. The smallest absolute Gasteiger partial charge is 0.339 e. The summed E-state index contributed by atoms with van der Waals surface area (Å²) in [7, 11) is 1.58. The Hall–Kier alpha value is -5.77. The Bertz CT molecular complexity index is 2620. The summed E-state index contributed by atoms with van der Waals surface area (Å²) in [5, 5.41) is 11.0. The number of aryl methyl sites for hydroxylation is 1. The number of ether oxygens (including phenoxy) is 4. The fourth-order valence-corrected chi connectivity index (χ4v) is 10.8. The third kappa shape index (κ3) is 8.85. The first-order valence-electron chi connectivity index (χ1n) is 23.0. The first kappa shape index (κ1) is 43.5. The minimum absolute atomic E-state index is 0.0278. The highest BCUT2D eigenvalue weighted by molar-refractivity contribution is 5.90. The van der Waals surface area contributed by atoms with Crippen LogP contribution in [-0.2, 0) is 43.1 Å². The Morgan fingerprint density at radius 3 is 2.39 bits per heavy atom. The van der Waals surface area contributed by atoms with Crippen LogP contribution in [0.4, 0.5) is 0 Å². The van der Waals surface area contributed by atoms with Gasteiger partial charge in [0.2, 0.25) is 0 Å². The Balaban J connectivity index is 1.15. The zero-order valence-electron chi connectivity index (χ0n) is 37.1. The molecule has 0 radical (unpaired) electrons. The summed E-state index contributed by atoms with van der Waals surface area (Å²) in [6.07, 6.45) is 8.79. The molecule has 0 amide bonds. The van der Waals surface area contributed by atoms with Gasteiger partial charge in [-0.1, -0.05) is 104 Å². The number of benzene rings is 4. The normalized spacial score (nSPS) is 25.8. The molecule has 6 atom stereocenters. The maximum atomic E-state index is 15.0. The van der Waals surface area contributed by atoms with Crippen molar-refractivity contribution in [2.45, 2.75) is 108 Å². The second-order valence-corrected chi connectivity index (χ2v) is 18.5. The van der Waals surface area contributed by atoms with Crippen LogP contribution in [0.5, 0.6) is 5.75 Å². The van der Waals surface area contributed by atoms with Gasteiger partial charge in [0, 0.05) is 54.2 Å². The van der Waals surface area contributed by atoms with Crippen LogP contribution < -0.4 is 10.4 Å². The molecule has 9 heteroatoms. The summed E-state index contributed by atoms with van der Waals surface area (Å²) in [5.41, 5.74) is 6.10. The zero-order chi connectivity index (χ0) is 44.4. The molecule has 0 unspecified atom stereocenters. The highest BCUT2D eigenvalue weighted by atomic mass is 16.6. The number of allylic oxidation sites excluding steroid dienone is 2. The highest BCUT2D eigenvalue weighted by Gasteiger charge is 2.57.